The Kier molecular flexibility index (Phi) is 4.90. The summed E-state index contributed by atoms with van der Waals surface area (Å²) in [5.74, 6) is 1.39. The van der Waals surface area contributed by atoms with Crippen molar-refractivity contribution in [3.8, 4) is 0 Å². The summed E-state index contributed by atoms with van der Waals surface area (Å²) < 4.78 is 14.3. The van der Waals surface area contributed by atoms with Crippen molar-refractivity contribution in [1.29, 1.82) is 0 Å². The molecule has 9 nitrogen and oxygen atoms in total. The highest BCUT2D eigenvalue weighted by Gasteiger charge is 2.31. The zero-order valence-corrected chi connectivity index (χ0v) is 17.7. The molecule has 1 aliphatic rings. The number of ether oxygens (including phenoxy) is 1. The molecule has 31 heavy (non-hydrogen) atoms. The SMILES string of the molecule is [B]c1nc2nc(C)n(Cc3nc([C@@H]4CO[C@@H](c5ccc(Cl)cc5)C4)no3)c(=O)c2n1C. The third-order valence-corrected chi connectivity index (χ3v) is 5.85. The van der Waals surface area contributed by atoms with Gasteiger partial charge < -0.3 is 13.8 Å². The van der Waals surface area contributed by atoms with E-state index in [9.17, 15) is 4.79 Å². The first-order chi connectivity index (χ1) is 14.9. The van der Waals surface area contributed by atoms with E-state index in [1.807, 2.05) is 24.3 Å². The predicted molar refractivity (Wildman–Crippen MR) is 114 cm³/mol. The average Bonchev–Trinajstić information content (AvgIpc) is 3.46. The minimum absolute atomic E-state index is 0.00785. The lowest BCUT2D eigenvalue weighted by atomic mass is 10.0. The zero-order valence-electron chi connectivity index (χ0n) is 16.9. The Bertz CT molecular complexity index is 1330. The monoisotopic (exact) mass is 436 g/mol. The first-order valence-corrected chi connectivity index (χ1v) is 10.2. The first-order valence-electron chi connectivity index (χ1n) is 9.79. The van der Waals surface area contributed by atoms with E-state index in [0.717, 1.165) is 12.0 Å². The van der Waals surface area contributed by atoms with Gasteiger partial charge in [0.1, 0.15) is 12.4 Å². The largest absolute Gasteiger partial charge is 0.373 e. The van der Waals surface area contributed by atoms with Crippen LogP contribution in [0.4, 0.5) is 0 Å². The number of hydrogen-bond donors (Lipinski definition) is 0. The topological polar surface area (TPSA) is 101 Å². The highest BCUT2D eigenvalue weighted by Crippen LogP contribution is 2.37. The molecule has 0 bridgehead atoms. The summed E-state index contributed by atoms with van der Waals surface area (Å²) in [6.07, 6.45) is 0.692. The number of imidazole rings is 1. The molecule has 1 saturated heterocycles. The van der Waals surface area contributed by atoms with Crippen LogP contribution in [-0.2, 0) is 18.3 Å². The van der Waals surface area contributed by atoms with Crippen LogP contribution in [-0.4, -0.2) is 43.7 Å². The Morgan fingerprint density at radius 3 is 2.77 bits per heavy atom. The van der Waals surface area contributed by atoms with Crippen molar-refractivity contribution in [3.05, 3.63) is 62.7 Å². The lowest BCUT2D eigenvalue weighted by molar-refractivity contribution is 0.110. The number of nitrogens with zero attached hydrogens (tertiary/aromatic N) is 6. The van der Waals surface area contributed by atoms with Gasteiger partial charge in [-0.25, -0.2) is 9.97 Å². The molecular weight excluding hydrogens is 419 g/mol. The van der Waals surface area contributed by atoms with Crippen molar-refractivity contribution < 1.29 is 9.26 Å². The molecule has 2 atom stereocenters. The molecule has 0 spiro atoms. The molecule has 156 valence electrons. The van der Waals surface area contributed by atoms with Gasteiger partial charge >= 0.3 is 0 Å². The van der Waals surface area contributed by atoms with Crippen LogP contribution in [0.25, 0.3) is 11.2 Å². The highest BCUT2D eigenvalue weighted by molar-refractivity contribution is 6.30. The van der Waals surface area contributed by atoms with Crippen LogP contribution in [0.15, 0.2) is 33.6 Å². The van der Waals surface area contributed by atoms with Crippen molar-refractivity contribution in [1.82, 2.24) is 29.2 Å². The van der Waals surface area contributed by atoms with E-state index >= 15 is 0 Å². The van der Waals surface area contributed by atoms with Gasteiger partial charge in [0, 0.05) is 18.0 Å². The van der Waals surface area contributed by atoms with Crippen molar-refractivity contribution in [2.24, 2.45) is 7.05 Å². The minimum Gasteiger partial charge on any atom is -0.373 e. The standard InChI is InChI=1S/C20H18BClN6O3/c1-10-23-18-16(27(2)20(21)25-18)19(29)28(10)8-15-24-17(26-31-15)12-7-14(30-9-12)11-3-5-13(22)6-4-11/h3-6,12,14H,7-9H2,1-2H3/t12-,14+/m0/s1. The first kappa shape index (κ1) is 20.0. The van der Waals surface area contributed by atoms with Gasteiger partial charge in [-0.05, 0) is 31.0 Å². The summed E-state index contributed by atoms with van der Waals surface area (Å²) in [4.78, 5) is 26.0. The molecule has 0 N–H and O–H groups in total. The van der Waals surface area contributed by atoms with Crippen LogP contribution in [0, 0.1) is 6.92 Å². The van der Waals surface area contributed by atoms with E-state index < -0.39 is 0 Å². The minimum atomic E-state index is -0.263. The number of hydrogen-bond acceptors (Lipinski definition) is 7. The molecule has 1 fully saturated rings. The Morgan fingerprint density at radius 1 is 1.23 bits per heavy atom. The molecule has 0 amide bonds. The number of benzene rings is 1. The second-order valence-electron chi connectivity index (χ2n) is 7.60. The van der Waals surface area contributed by atoms with E-state index in [1.54, 1.807) is 14.0 Å². The fourth-order valence-corrected chi connectivity index (χ4v) is 3.97. The van der Waals surface area contributed by atoms with Gasteiger partial charge in [-0.3, -0.25) is 9.36 Å². The molecule has 4 heterocycles. The smallest absolute Gasteiger partial charge is 0.280 e. The van der Waals surface area contributed by atoms with E-state index in [0.29, 0.717) is 40.3 Å². The van der Waals surface area contributed by atoms with E-state index in [2.05, 4.69) is 20.1 Å². The summed E-state index contributed by atoms with van der Waals surface area (Å²) in [5.41, 5.74) is 1.68. The molecule has 0 aliphatic carbocycles. The maximum atomic E-state index is 13.0. The van der Waals surface area contributed by atoms with Gasteiger partial charge in [-0.15, -0.1) is 0 Å². The van der Waals surface area contributed by atoms with E-state index in [1.165, 1.54) is 9.13 Å². The van der Waals surface area contributed by atoms with Crippen molar-refractivity contribution in [3.63, 3.8) is 0 Å². The number of halogens is 1. The highest BCUT2D eigenvalue weighted by atomic mass is 35.5. The Labute approximate surface area is 183 Å². The van der Waals surface area contributed by atoms with Crippen LogP contribution < -0.4 is 11.3 Å². The van der Waals surface area contributed by atoms with Crippen molar-refractivity contribution in [2.75, 3.05) is 6.61 Å². The third-order valence-electron chi connectivity index (χ3n) is 5.60. The van der Waals surface area contributed by atoms with Crippen LogP contribution in [0.1, 0.15) is 41.5 Å². The molecule has 5 rings (SSSR count). The summed E-state index contributed by atoms with van der Waals surface area (Å²) in [6.45, 7) is 2.33. The van der Waals surface area contributed by atoms with Gasteiger partial charge in [0.2, 0.25) is 5.89 Å². The molecule has 11 heteroatoms. The molecule has 1 aromatic carbocycles. The fourth-order valence-electron chi connectivity index (χ4n) is 3.84. The Balaban J connectivity index is 1.37. The number of aromatic nitrogens is 6. The Morgan fingerprint density at radius 2 is 2.00 bits per heavy atom. The number of rotatable bonds is 4. The van der Waals surface area contributed by atoms with Crippen molar-refractivity contribution in [2.45, 2.75) is 31.9 Å². The predicted octanol–water partition coefficient (Wildman–Crippen LogP) is 1.56. The van der Waals surface area contributed by atoms with E-state index in [4.69, 9.17) is 28.7 Å². The summed E-state index contributed by atoms with van der Waals surface area (Å²) in [7, 11) is 7.49. The summed E-state index contributed by atoms with van der Waals surface area (Å²) >= 11 is 5.96. The molecule has 0 saturated carbocycles. The van der Waals surface area contributed by atoms with Crippen LogP contribution in [0.5, 0.6) is 0 Å². The number of fused-ring (bicyclic) bond motifs is 1. The van der Waals surface area contributed by atoms with Crippen LogP contribution in [0.2, 0.25) is 5.02 Å². The maximum absolute atomic E-state index is 13.0. The lowest BCUT2D eigenvalue weighted by Crippen LogP contribution is -2.27. The average molecular weight is 437 g/mol. The van der Waals surface area contributed by atoms with E-state index in [-0.39, 0.29) is 29.8 Å². The summed E-state index contributed by atoms with van der Waals surface area (Å²) in [5, 5.41) is 4.81. The molecule has 3 aromatic heterocycles. The van der Waals surface area contributed by atoms with Gasteiger partial charge in [0.25, 0.3) is 5.56 Å². The summed E-state index contributed by atoms with van der Waals surface area (Å²) in [6, 6.07) is 7.61. The molecule has 1 aliphatic heterocycles. The van der Waals surface area contributed by atoms with Crippen LogP contribution in [0.3, 0.4) is 0 Å². The molecule has 0 unspecified atom stereocenters. The zero-order chi connectivity index (χ0) is 21.7. The second kappa shape index (κ2) is 7.62. The third kappa shape index (κ3) is 3.55. The molecule has 2 radical (unpaired) electrons. The molecular formula is C20H18BClN6O3. The molecule has 4 aromatic rings. The van der Waals surface area contributed by atoms with Gasteiger partial charge in [0.05, 0.1) is 18.4 Å². The lowest BCUT2D eigenvalue weighted by Gasteiger charge is -2.09. The van der Waals surface area contributed by atoms with Gasteiger partial charge in [-0.1, -0.05) is 28.9 Å². The van der Waals surface area contributed by atoms with Gasteiger partial charge in [0.15, 0.2) is 24.8 Å². The number of aryl methyl sites for hydroxylation is 2. The van der Waals surface area contributed by atoms with Crippen molar-refractivity contribution >= 4 is 36.3 Å². The maximum Gasteiger partial charge on any atom is 0.280 e. The quantitative estimate of drug-likeness (QED) is 0.447. The van der Waals surface area contributed by atoms with Crippen LogP contribution >= 0.6 is 11.6 Å². The Hall–Kier alpha value is -2.98. The van der Waals surface area contributed by atoms with Gasteiger partial charge in [-0.2, -0.15) is 4.98 Å². The second-order valence-corrected chi connectivity index (χ2v) is 8.04. The fraction of sp³-hybridized carbons (Fsp3) is 0.350. The normalized spacial score (nSPS) is 18.8.